The highest BCUT2D eigenvalue weighted by molar-refractivity contribution is 14.0. The maximum Gasteiger partial charge on any atom is 0.573 e. The van der Waals surface area contributed by atoms with Crippen molar-refractivity contribution < 1.29 is 22.7 Å². The van der Waals surface area contributed by atoms with Gasteiger partial charge in [0.1, 0.15) is 5.75 Å². The van der Waals surface area contributed by atoms with Crippen molar-refractivity contribution in [3.8, 4) is 5.75 Å². The minimum Gasteiger partial charge on any atom is -0.405 e. The first kappa shape index (κ1) is 23.6. The Hall–Kier alpha value is -1.72. The first-order valence-electron chi connectivity index (χ1n) is 9.43. The molecular weight excluding hydrogens is 500 g/mol. The molecule has 1 saturated heterocycles. The Kier molecular flexibility index (Phi) is 8.01. The summed E-state index contributed by atoms with van der Waals surface area (Å²) in [6, 6.07) is 6.33. The minimum absolute atomic E-state index is 0. The second kappa shape index (κ2) is 9.86. The zero-order valence-electron chi connectivity index (χ0n) is 16.3. The van der Waals surface area contributed by atoms with E-state index < -0.39 is 6.36 Å². The monoisotopic (exact) mass is 526 g/mol. The van der Waals surface area contributed by atoms with Crippen molar-refractivity contribution in [1.29, 1.82) is 0 Å². The van der Waals surface area contributed by atoms with E-state index in [0.29, 0.717) is 30.9 Å². The predicted molar refractivity (Wildman–Crippen MR) is 115 cm³/mol. The minimum atomic E-state index is -4.71. The number of carbonyl (C=O) groups excluding carboxylic acids is 1. The molecule has 0 spiro atoms. The smallest absolute Gasteiger partial charge is 0.405 e. The van der Waals surface area contributed by atoms with Gasteiger partial charge in [-0.2, -0.15) is 0 Å². The van der Waals surface area contributed by atoms with Crippen molar-refractivity contribution in [2.45, 2.75) is 50.6 Å². The summed E-state index contributed by atoms with van der Waals surface area (Å²) >= 11 is 0. The fourth-order valence-electron chi connectivity index (χ4n) is 3.57. The maximum atomic E-state index is 12.6. The number of guanidine groups is 1. The highest BCUT2D eigenvalue weighted by Gasteiger charge is 2.42. The van der Waals surface area contributed by atoms with E-state index in [1.165, 1.54) is 12.1 Å². The summed E-state index contributed by atoms with van der Waals surface area (Å²) in [4.78, 5) is 17.8. The van der Waals surface area contributed by atoms with Crippen molar-refractivity contribution in [1.82, 2.24) is 15.5 Å². The molecule has 6 nitrogen and oxygen atoms in total. The molecule has 0 aromatic heterocycles. The molecule has 3 atom stereocenters. The van der Waals surface area contributed by atoms with Crippen LogP contribution in [0.1, 0.15) is 37.7 Å². The number of aliphatic imine (C=N–C) groups is 1. The number of nitrogens with one attached hydrogen (secondary N) is 2. The van der Waals surface area contributed by atoms with Gasteiger partial charge >= 0.3 is 6.36 Å². The number of para-hydroxylation sites is 1. The van der Waals surface area contributed by atoms with E-state index in [4.69, 9.17) is 0 Å². The molecule has 10 heteroatoms. The fourth-order valence-corrected chi connectivity index (χ4v) is 3.57. The van der Waals surface area contributed by atoms with Gasteiger partial charge < -0.3 is 20.3 Å². The molecule has 1 amide bonds. The van der Waals surface area contributed by atoms with Crippen molar-refractivity contribution in [2.75, 3.05) is 20.1 Å². The van der Waals surface area contributed by atoms with Crippen LogP contribution in [-0.2, 0) is 4.79 Å². The van der Waals surface area contributed by atoms with Crippen molar-refractivity contribution >= 4 is 35.8 Å². The van der Waals surface area contributed by atoms with E-state index in [1.807, 2.05) is 11.8 Å². The molecule has 1 aliphatic carbocycles. The number of alkyl halides is 3. The number of rotatable bonds is 5. The lowest BCUT2D eigenvalue weighted by Gasteiger charge is -2.19. The Labute approximate surface area is 185 Å². The third-order valence-electron chi connectivity index (χ3n) is 5.06. The Bertz CT molecular complexity index is 744. The van der Waals surface area contributed by atoms with Gasteiger partial charge in [-0.05, 0) is 24.5 Å². The van der Waals surface area contributed by atoms with Gasteiger partial charge in [0, 0.05) is 44.6 Å². The Morgan fingerprint density at radius 3 is 2.69 bits per heavy atom. The Morgan fingerprint density at radius 2 is 2.03 bits per heavy atom. The van der Waals surface area contributed by atoms with Gasteiger partial charge in [-0.25, -0.2) is 0 Å². The number of halogens is 4. The highest BCUT2D eigenvalue weighted by Crippen LogP contribution is 2.45. The first-order chi connectivity index (χ1) is 13.3. The number of amides is 1. The zero-order valence-corrected chi connectivity index (χ0v) is 18.7. The van der Waals surface area contributed by atoms with E-state index in [1.54, 1.807) is 19.2 Å². The summed E-state index contributed by atoms with van der Waals surface area (Å²) in [7, 11) is 1.65. The quantitative estimate of drug-likeness (QED) is 0.352. The van der Waals surface area contributed by atoms with Crippen LogP contribution in [0.5, 0.6) is 5.75 Å². The summed E-state index contributed by atoms with van der Waals surface area (Å²) < 4.78 is 42.0. The lowest BCUT2D eigenvalue weighted by atomic mass is 10.1. The number of nitrogens with zero attached hydrogens (tertiary/aromatic N) is 2. The van der Waals surface area contributed by atoms with Gasteiger partial charge in [0.2, 0.25) is 5.91 Å². The Balaban J connectivity index is 0.00000300. The molecule has 2 aliphatic rings. The molecule has 2 N–H and O–H groups in total. The lowest BCUT2D eigenvalue weighted by molar-refractivity contribution is -0.274. The largest absolute Gasteiger partial charge is 0.573 e. The van der Waals surface area contributed by atoms with Crippen LogP contribution in [0.2, 0.25) is 0 Å². The summed E-state index contributed by atoms with van der Waals surface area (Å²) in [5, 5.41) is 6.57. The third kappa shape index (κ3) is 6.38. The molecule has 3 unspecified atom stereocenters. The van der Waals surface area contributed by atoms with Gasteiger partial charge in [-0.15, -0.1) is 37.1 Å². The van der Waals surface area contributed by atoms with Gasteiger partial charge in [0.05, 0.1) is 0 Å². The van der Waals surface area contributed by atoms with Gasteiger partial charge in [0.25, 0.3) is 0 Å². The van der Waals surface area contributed by atoms with Crippen LogP contribution in [0.15, 0.2) is 29.3 Å². The average molecular weight is 526 g/mol. The highest BCUT2D eigenvalue weighted by atomic mass is 127. The normalized spacial score (nSPS) is 24.0. The molecular formula is C19H26F3IN4O2. The Morgan fingerprint density at radius 1 is 1.31 bits per heavy atom. The second-order valence-corrected chi connectivity index (χ2v) is 7.07. The number of ether oxygens (including phenoxy) is 1. The summed E-state index contributed by atoms with van der Waals surface area (Å²) in [6.45, 7) is 3.19. The van der Waals surface area contributed by atoms with Gasteiger partial charge in [-0.1, -0.05) is 25.1 Å². The van der Waals surface area contributed by atoms with Gasteiger partial charge in [0.15, 0.2) is 5.96 Å². The van der Waals surface area contributed by atoms with E-state index in [0.717, 1.165) is 13.0 Å². The van der Waals surface area contributed by atoms with Crippen LogP contribution in [0, 0.1) is 0 Å². The van der Waals surface area contributed by atoms with Gasteiger partial charge in [-0.3, -0.25) is 9.79 Å². The zero-order chi connectivity index (χ0) is 20.3. The van der Waals surface area contributed by atoms with Crippen LogP contribution in [0.4, 0.5) is 13.2 Å². The van der Waals surface area contributed by atoms with E-state index in [-0.39, 0.29) is 53.6 Å². The summed E-state index contributed by atoms with van der Waals surface area (Å²) in [5.41, 5.74) is 0.536. The van der Waals surface area contributed by atoms with E-state index >= 15 is 0 Å². The molecule has 162 valence electrons. The lowest BCUT2D eigenvalue weighted by Crippen LogP contribution is -2.46. The van der Waals surface area contributed by atoms with Crippen LogP contribution < -0.4 is 15.4 Å². The number of benzene rings is 1. The first-order valence-corrected chi connectivity index (χ1v) is 9.43. The van der Waals surface area contributed by atoms with Crippen molar-refractivity contribution in [2.24, 2.45) is 4.99 Å². The molecule has 2 fully saturated rings. The SMILES string of the molecule is CCC(=O)N1CCC(NC(=NC)NC2CC2c2ccccc2OC(F)(F)F)C1.I. The molecule has 1 aliphatic heterocycles. The van der Waals surface area contributed by atoms with E-state index in [9.17, 15) is 18.0 Å². The number of hydrogen-bond acceptors (Lipinski definition) is 3. The predicted octanol–water partition coefficient (Wildman–Crippen LogP) is 3.24. The molecule has 0 radical (unpaired) electrons. The third-order valence-corrected chi connectivity index (χ3v) is 5.06. The number of carbonyl (C=O) groups is 1. The maximum absolute atomic E-state index is 12.6. The fraction of sp³-hybridized carbons (Fsp3) is 0.579. The summed E-state index contributed by atoms with van der Waals surface area (Å²) in [6.07, 6.45) is -2.69. The topological polar surface area (TPSA) is 66.0 Å². The van der Waals surface area contributed by atoms with Crippen LogP contribution >= 0.6 is 24.0 Å². The standard InChI is InChI=1S/C19H25F3N4O2.HI/c1-3-17(27)26-9-8-12(11-26)24-18(23-2)25-15-10-14(15)13-6-4-5-7-16(13)28-19(20,21)22;/h4-7,12,14-15H,3,8-11H2,1-2H3,(H2,23,24,25);1H. The van der Waals surface area contributed by atoms with Crippen molar-refractivity contribution in [3.63, 3.8) is 0 Å². The van der Waals surface area contributed by atoms with Crippen LogP contribution in [-0.4, -0.2) is 55.3 Å². The second-order valence-electron chi connectivity index (χ2n) is 7.07. The average Bonchev–Trinajstić information content (AvgIpc) is 3.25. The molecule has 1 saturated carbocycles. The molecule has 3 rings (SSSR count). The van der Waals surface area contributed by atoms with Crippen molar-refractivity contribution in [3.05, 3.63) is 29.8 Å². The molecule has 29 heavy (non-hydrogen) atoms. The van der Waals surface area contributed by atoms with E-state index in [2.05, 4.69) is 20.4 Å². The molecule has 1 heterocycles. The van der Waals surface area contributed by atoms with Crippen LogP contribution in [0.25, 0.3) is 0 Å². The summed E-state index contributed by atoms with van der Waals surface area (Å²) in [5.74, 6) is 0.504. The molecule has 0 bridgehead atoms. The number of hydrogen-bond donors (Lipinski definition) is 2. The molecule has 1 aromatic carbocycles. The number of likely N-dealkylation sites (tertiary alicyclic amines) is 1. The molecule has 1 aromatic rings. The van der Waals surface area contributed by atoms with Crippen LogP contribution in [0.3, 0.4) is 0 Å².